The maximum atomic E-state index is 6.02. The Morgan fingerprint density at radius 3 is 2.78 bits per heavy atom. The van der Waals surface area contributed by atoms with Gasteiger partial charge in [0.05, 0.1) is 16.1 Å². The van der Waals surface area contributed by atoms with E-state index in [-0.39, 0.29) is 12.1 Å². The van der Waals surface area contributed by atoms with Crippen LogP contribution in [0.15, 0.2) is 18.2 Å². The van der Waals surface area contributed by atoms with Crippen LogP contribution in [0.5, 0.6) is 0 Å². The first-order chi connectivity index (χ1) is 8.61. The molecule has 1 heterocycles. The van der Waals surface area contributed by atoms with Crippen molar-refractivity contribution in [2.75, 3.05) is 6.61 Å². The molecule has 0 aromatic heterocycles. The van der Waals surface area contributed by atoms with Gasteiger partial charge in [0.2, 0.25) is 0 Å². The van der Waals surface area contributed by atoms with Gasteiger partial charge in [0.25, 0.3) is 0 Å². The third-order valence-corrected chi connectivity index (χ3v) is 4.34. The Morgan fingerprint density at radius 2 is 2.22 bits per heavy atom. The zero-order valence-corrected chi connectivity index (χ0v) is 11.8. The second kappa shape index (κ2) is 6.22. The molecule has 3 atom stereocenters. The van der Waals surface area contributed by atoms with Crippen LogP contribution < -0.4 is 11.3 Å². The van der Waals surface area contributed by atoms with Crippen molar-refractivity contribution < 1.29 is 4.74 Å². The van der Waals surface area contributed by atoms with Gasteiger partial charge < -0.3 is 4.74 Å². The first-order valence-corrected chi connectivity index (χ1v) is 6.89. The molecule has 0 radical (unpaired) electrons. The van der Waals surface area contributed by atoms with Crippen molar-refractivity contribution in [1.29, 1.82) is 0 Å². The van der Waals surface area contributed by atoms with Gasteiger partial charge in [-0.15, -0.1) is 0 Å². The minimum Gasteiger partial charge on any atom is -0.378 e. The highest BCUT2D eigenvalue weighted by molar-refractivity contribution is 6.42. The van der Waals surface area contributed by atoms with Gasteiger partial charge in [-0.25, -0.2) is 0 Å². The fourth-order valence-electron chi connectivity index (χ4n) is 2.53. The quantitative estimate of drug-likeness (QED) is 0.662. The van der Waals surface area contributed by atoms with Gasteiger partial charge in [0.15, 0.2) is 0 Å². The highest BCUT2D eigenvalue weighted by atomic mass is 35.5. The molecular formula is C13H18Cl2N2O. The van der Waals surface area contributed by atoms with Crippen molar-refractivity contribution in [2.24, 2.45) is 11.8 Å². The lowest BCUT2D eigenvalue weighted by Crippen LogP contribution is -2.44. The SMILES string of the molecule is CC1OCCC1C(Cc1ccc(Cl)c(Cl)c1)NN. The average Bonchev–Trinajstić information content (AvgIpc) is 2.77. The first-order valence-electron chi connectivity index (χ1n) is 6.13. The van der Waals surface area contributed by atoms with Crippen LogP contribution in [0.2, 0.25) is 10.0 Å². The number of ether oxygens (including phenoxy) is 1. The first kappa shape index (κ1) is 14.1. The standard InChI is InChI=1S/C13H18Cl2N2O/c1-8-10(4-5-18-8)13(17-16)7-9-2-3-11(14)12(15)6-9/h2-3,6,8,10,13,17H,4-5,7,16H2,1H3. The number of benzene rings is 1. The van der Waals surface area contributed by atoms with E-state index in [1.807, 2.05) is 18.2 Å². The Kier molecular flexibility index (Phi) is 4.87. The van der Waals surface area contributed by atoms with Gasteiger partial charge in [-0.1, -0.05) is 29.3 Å². The molecule has 0 saturated carbocycles. The molecule has 0 aliphatic carbocycles. The Morgan fingerprint density at radius 1 is 1.44 bits per heavy atom. The molecule has 1 saturated heterocycles. The van der Waals surface area contributed by atoms with E-state index in [2.05, 4.69) is 12.3 Å². The summed E-state index contributed by atoms with van der Waals surface area (Å²) in [5.74, 6) is 6.10. The monoisotopic (exact) mass is 288 g/mol. The van der Waals surface area contributed by atoms with Crippen LogP contribution >= 0.6 is 23.2 Å². The number of hydrogen-bond acceptors (Lipinski definition) is 3. The van der Waals surface area contributed by atoms with E-state index < -0.39 is 0 Å². The molecule has 1 fully saturated rings. The molecular weight excluding hydrogens is 271 g/mol. The summed E-state index contributed by atoms with van der Waals surface area (Å²) < 4.78 is 5.59. The molecule has 3 nitrogen and oxygen atoms in total. The topological polar surface area (TPSA) is 47.3 Å². The van der Waals surface area contributed by atoms with Gasteiger partial charge >= 0.3 is 0 Å². The van der Waals surface area contributed by atoms with Gasteiger partial charge in [-0.2, -0.15) is 0 Å². The van der Waals surface area contributed by atoms with E-state index in [1.165, 1.54) is 0 Å². The molecule has 1 aromatic carbocycles. The number of nitrogens with two attached hydrogens (primary N) is 1. The molecule has 1 aliphatic heterocycles. The highest BCUT2D eigenvalue weighted by Gasteiger charge is 2.31. The van der Waals surface area contributed by atoms with Crippen LogP contribution in [-0.2, 0) is 11.2 Å². The normalized spacial score (nSPS) is 25.3. The molecule has 5 heteroatoms. The summed E-state index contributed by atoms with van der Waals surface area (Å²) in [7, 11) is 0. The number of halogens is 2. The lowest BCUT2D eigenvalue weighted by molar-refractivity contribution is 0.0954. The van der Waals surface area contributed by atoms with Crippen LogP contribution in [0.1, 0.15) is 18.9 Å². The average molecular weight is 289 g/mol. The van der Waals surface area contributed by atoms with Crippen molar-refractivity contribution in [3.63, 3.8) is 0 Å². The third-order valence-electron chi connectivity index (χ3n) is 3.61. The second-order valence-corrected chi connectivity index (χ2v) is 5.57. The maximum absolute atomic E-state index is 6.02. The predicted molar refractivity (Wildman–Crippen MR) is 74.8 cm³/mol. The number of hydrogen-bond donors (Lipinski definition) is 2. The number of nitrogens with one attached hydrogen (secondary N) is 1. The number of hydrazine groups is 1. The van der Waals surface area contributed by atoms with E-state index in [9.17, 15) is 0 Å². The summed E-state index contributed by atoms with van der Waals surface area (Å²) in [6.45, 7) is 2.90. The second-order valence-electron chi connectivity index (χ2n) is 4.75. The van der Waals surface area contributed by atoms with Crippen molar-refractivity contribution in [3.8, 4) is 0 Å². The summed E-state index contributed by atoms with van der Waals surface area (Å²) in [5, 5.41) is 1.16. The van der Waals surface area contributed by atoms with Crippen molar-refractivity contribution >= 4 is 23.2 Å². The van der Waals surface area contributed by atoms with Crippen molar-refractivity contribution in [2.45, 2.75) is 31.9 Å². The zero-order valence-electron chi connectivity index (χ0n) is 10.3. The van der Waals surface area contributed by atoms with Gasteiger partial charge in [0, 0.05) is 18.6 Å². The summed E-state index contributed by atoms with van der Waals surface area (Å²) >= 11 is 11.9. The van der Waals surface area contributed by atoms with Crippen LogP contribution in [0.4, 0.5) is 0 Å². The Hall–Kier alpha value is -0.320. The zero-order chi connectivity index (χ0) is 13.1. The minimum atomic E-state index is 0.194. The van der Waals surface area contributed by atoms with Crippen LogP contribution in [0.3, 0.4) is 0 Å². The van der Waals surface area contributed by atoms with Gasteiger partial charge in [-0.3, -0.25) is 11.3 Å². The fraction of sp³-hybridized carbons (Fsp3) is 0.538. The molecule has 0 bridgehead atoms. The van der Waals surface area contributed by atoms with Crippen LogP contribution in [-0.4, -0.2) is 18.8 Å². The number of rotatable bonds is 4. The fourth-order valence-corrected chi connectivity index (χ4v) is 2.85. The maximum Gasteiger partial charge on any atom is 0.0595 e. The molecule has 1 aromatic rings. The van der Waals surface area contributed by atoms with Crippen LogP contribution in [0.25, 0.3) is 0 Å². The van der Waals surface area contributed by atoms with E-state index in [4.69, 9.17) is 33.8 Å². The molecule has 1 aliphatic rings. The predicted octanol–water partition coefficient (Wildman–Crippen LogP) is 2.79. The third kappa shape index (κ3) is 3.16. The van der Waals surface area contributed by atoms with Gasteiger partial charge in [0.1, 0.15) is 0 Å². The smallest absolute Gasteiger partial charge is 0.0595 e. The lowest BCUT2D eigenvalue weighted by Gasteiger charge is -2.25. The molecule has 100 valence electrons. The van der Waals surface area contributed by atoms with E-state index in [0.717, 1.165) is 25.0 Å². The minimum absolute atomic E-state index is 0.194. The van der Waals surface area contributed by atoms with Gasteiger partial charge in [-0.05, 0) is 37.5 Å². The summed E-state index contributed by atoms with van der Waals surface area (Å²) in [6, 6.07) is 5.90. The lowest BCUT2D eigenvalue weighted by atomic mass is 9.89. The van der Waals surface area contributed by atoms with Crippen molar-refractivity contribution in [1.82, 2.24) is 5.43 Å². The summed E-state index contributed by atoms with van der Waals surface area (Å²) in [4.78, 5) is 0. The van der Waals surface area contributed by atoms with Crippen molar-refractivity contribution in [3.05, 3.63) is 33.8 Å². The van der Waals surface area contributed by atoms with E-state index >= 15 is 0 Å². The Labute approximate surface area is 118 Å². The van der Waals surface area contributed by atoms with Crippen LogP contribution in [0, 0.1) is 5.92 Å². The molecule has 18 heavy (non-hydrogen) atoms. The Balaban J connectivity index is 2.07. The largest absolute Gasteiger partial charge is 0.378 e. The highest BCUT2D eigenvalue weighted by Crippen LogP contribution is 2.28. The molecule has 2 rings (SSSR count). The Bertz CT molecular complexity index is 414. The molecule has 3 N–H and O–H groups in total. The van der Waals surface area contributed by atoms with E-state index in [0.29, 0.717) is 16.0 Å². The summed E-state index contributed by atoms with van der Waals surface area (Å²) in [5.41, 5.74) is 4.03. The summed E-state index contributed by atoms with van der Waals surface area (Å²) in [6.07, 6.45) is 2.11. The van der Waals surface area contributed by atoms with E-state index in [1.54, 1.807) is 0 Å². The molecule has 0 amide bonds. The molecule has 3 unspecified atom stereocenters. The molecule has 0 spiro atoms.